The van der Waals surface area contributed by atoms with Crippen LogP contribution in [0.4, 0.5) is 17.2 Å². The van der Waals surface area contributed by atoms with Gasteiger partial charge in [-0.3, -0.25) is 4.98 Å². The Morgan fingerprint density at radius 3 is 2.61 bits per heavy atom. The fourth-order valence-corrected chi connectivity index (χ4v) is 4.45. The smallest absolute Gasteiger partial charge is 0.144 e. The number of hydrogen-bond acceptors (Lipinski definition) is 8. The quantitative estimate of drug-likeness (QED) is 0.280. The van der Waals surface area contributed by atoms with Crippen molar-refractivity contribution in [3.05, 3.63) is 71.8 Å². The molecule has 0 bridgehead atoms. The highest BCUT2D eigenvalue weighted by Crippen LogP contribution is 2.46. The minimum absolute atomic E-state index is 0.218. The van der Waals surface area contributed by atoms with Gasteiger partial charge in [0.05, 0.1) is 28.5 Å². The predicted molar refractivity (Wildman–Crippen MR) is 143 cm³/mol. The second-order valence-electron chi connectivity index (χ2n) is 9.54. The predicted octanol–water partition coefficient (Wildman–Crippen LogP) is 5.30. The second-order valence-corrected chi connectivity index (χ2v) is 9.94. The summed E-state index contributed by atoms with van der Waals surface area (Å²) in [4.78, 5) is 15.3. The van der Waals surface area contributed by atoms with Crippen LogP contribution in [0, 0.1) is 5.41 Å². The van der Waals surface area contributed by atoms with Gasteiger partial charge in [0.25, 0.3) is 0 Å². The van der Waals surface area contributed by atoms with Crippen molar-refractivity contribution in [1.29, 1.82) is 0 Å². The lowest BCUT2D eigenvalue weighted by atomic mass is 10.1. The zero-order chi connectivity index (χ0) is 25.1. The molecule has 0 atom stereocenters. The molecular formula is C27H29ClN6O2. The third-order valence-corrected chi connectivity index (χ3v) is 6.50. The van der Waals surface area contributed by atoms with Crippen LogP contribution in [-0.4, -0.2) is 47.1 Å². The van der Waals surface area contributed by atoms with Crippen LogP contribution in [0.1, 0.15) is 18.5 Å². The maximum Gasteiger partial charge on any atom is 0.144 e. The van der Waals surface area contributed by atoms with E-state index in [9.17, 15) is 0 Å². The van der Waals surface area contributed by atoms with Crippen LogP contribution in [-0.2, 0) is 6.61 Å². The van der Waals surface area contributed by atoms with E-state index in [4.69, 9.17) is 26.8 Å². The molecule has 9 heteroatoms. The molecule has 1 fully saturated rings. The summed E-state index contributed by atoms with van der Waals surface area (Å²) in [6, 6.07) is 14.9. The number of hydrogen-bond donors (Lipinski definition) is 2. The number of aromatic nitrogens is 3. The van der Waals surface area contributed by atoms with E-state index in [1.807, 2.05) is 42.5 Å². The molecule has 0 radical (unpaired) electrons. The molecule has 0 aliphatic heterocycles. The summed E-state index contributed by atoms with van der Waals surface area (Å²) in [5.41, 5.74) is 9.48. The average Bonchev–Trinajstić information content (AvgIpc) is 3.62. The normalized spacial score (nSPS) is 14.1. The first-order valence-electron chi connectivity index (χ1n) is 11.8. The SMILES string of the molecule is CN(C)CC1(COc2cc3ncnc(Nc4ccc(OCc5ccccn5)c(Cl)c4)c3cc2N)CC1. The van der Waals surface area contributed by atoms with Crippen molar-refractivity contribution in [3.8, 4) is 11.5 Å². The fraction of sp³-hybridized carbons (Fsp3) is 0.296. The van der Waals surface area contributed by atoms with Crippen molar-refractivity contribution in [2.75, 3.05) is 38.3 Å². The molecular weight excluding hydrogens is 476 g/mol. The van der Waals surface area contributed by atoms with Crippen molar-refractivity contribution < 1.29 is 9.47 Å². The maximum atomic E-state index is 6.48. The lowest BCUT2D eigenvalue weighted by Crippen LogP contribution is -2.27. The van der Waals surface area contributed by atoms with E-state index >= 15 is 0 Å². The van der Waals surface area contributed by atoms with E-state index < -0.39 is 0 Å². The lowest BCUT2D eigenvalue weighted by Gasteiger charge is -2.21. The number of nitrogens with one attached hydrogen (secondary N) is 1. The van der Waals surface area contributed by atoms with E-state index in [0.717, 1.165) is 28.8 Å². The summed E-state index contributed by atoms with van der Waals surface area (Å²) in [6.07, 6.45) is 5.59. The first kappa shape index (κ1) is 24.1. The molecule has 1 aliphatic rings. The molecule has 4 aromatic rings. The number of nitrogen functional groups attached to an aromatic ring is 1. The van der Waals surface area contributed by atoms with Crippen molar-refractivity contribution in [2.45, 2.75) is 19.4 Å². The molecule has 0 saturated heterocycles. The number of ether oxygens (including phenoxy) is 2. The Kier molecular flexibility index (Phi) is 6.80. The summed E-state index contributed by atoms with van der Waals surface area (Å²) < 4.78 is 12.0. The molecule has 2 heterocycles. The number of anilines is 3. The summed E-state index contributed by atoms with van der Waals surface area (Å²) in [5, 5.41) is 4.60. The van der Waals surface area contributed by atoms with E-state index in [2.05, 4.69) is 39.3 Å². The average molecular weight is 505 g/mol. The van der Waals surface area contributed by atoms with Gasteiger partial charge in [-0.2, -0.15) is 0 Å². The Hall–Kier alpha value is -3.62. The number of pyridine rings is 1. The highest BCUT2D eigenvalue weighted by atomic mass is 35.5. The van der Waals surface area contributed by atoms with Crippen LogP contribution in [0.2, 0.25) is 5.02 Å². The third kappa shape index (κ3) is 5.61. The van der Waals surface area contributed by atoms with Crippen molar-refractivity contribution in [1.82, 2.24) is 19.9 Å². The Bertz CT molecular complexity index is 1360. The fourth-order valence-electron chi connectivity index (χ4n) is 4.22. The molecule has 0 amide bonds. The number of benzene rings is 2. The van der Waals surface area contributed by atoms with Gasteiger partial charge in [-0.05, 0) is 63.3 Å². The van der Waals surface area contributed by atoms with Gasteiger partial charge < -0.3 is 25.4 Å². The molecule has 3 N–H and O–H groups in total. The monoisotopic (exact) mass is 504 g/mol. The van der Waals surface area contributed by atoms with Gasteiger partial charge in [-0.15, -0.1) is 0 Å². The number of halogens is 1. The number of rotatable bonds is 10. The highest BCUT2D eigenvalue weighted by Gasteiger charge is 2.43. The van der Waals surface area contributed by atoms with Crippen LogP contribution in [0.25, 0.3) is 10.9 Å². The van der Waals surface area contributed by atoms with E-state index in [1.165, 1.54) is 19.2 Å². The first-order valence-corrected chi connectivity index (χ1v) is 12.2. The summed E-state index contributed by atoms with van der Waals surface area (Å²) in [6.45, 7) is 1.99. The number of nitrogens with zero attached hydrogens (tertiary/aromatic N) is 4. The first-order chi connectivity index (χ1) is 17.4. The van der Waals surface area contributed by atoms with Crippen LogP contribution < -0.4 is 20.5 Å². The van der Waals surface area contributed by atoms with Crippen molar-refractivity contribution in [3.63, 3.8) is 0 Å². The minimum Gasteiger partial charge on any atom is -0.491 e. The second kappa shape index (κ2) is 10.2. The Balaban J connectivity index is 1.30. The van der Waals surface area contributed by atoms with Gasteiger partial charge in [-0.25, -0.2) is 9.97 Å². The molecule has 186 valence electrons. The van der Waals surface area contributed by atoms with E-state index in [-0.39, 0.29) is 5.41 Å². The highest BCUT2D eigenvalue weighted by molar-refractivity contribution is 6.32. The van der Waals surface area contributed by atoms with Crippen LogP contribution in [0.3, 0.4) is 0 Å². The molecule has 0 unspecified atom stereocenters. The van der Waals surface area contributed by atoms with Gasteiger partial charge in [-0.1, -0.05) is 17.7 Å². The summed E-state index contributed by atoms with van der Waals surface area (Å²) in [5.74, 6) is 1.85. The number of fused-ring (bicyclic) bond motifs is 1. The zero-order valence-corrected chi connectivity index (χ0v) is 21.1. The standard InChI is InChI=1S/C27H29ClN6O2/c1-34(2)15-27(8-9-27)16-36-25-13-23-20(12-22(25)29)26(32-17-31-23)33-18-6-7-24(21(28)11-18)35-14-19-5-3-4-10-30-19/h3-7,10-13,17H,8-9,14-16,29H2,1-2H3,(H,31,32,33). The molecule has 36 heavy (non-hydrogen) atoms. The molecule has 0 spiro atoms. The van der Waals surface area contributed by atoms with Crippen molar-refractivity contribution >= 4 is 39.7 Å². The van der Waals surface area contributed by atoms with Crippen molar-refractivity contribution in [2.24, 2.45) is 5.41 Å². The Morgan fingerprint density at radius 1 is 1.03 bits per heavy atom. The summed E-state index contributed by atoms with van der Waals surface area (Å²) in [7, 11) is 4.18. The molecule has 2 aromatic carbocycles. The van der Waals surface area contributed by atoms with E-state index in [1.54, 1.807) is 12.3 Å². The molecule has 2 aromatic heterocycles. The van der Waals surface area contributed by atoms with Gasteiger partial charge in [0.2, 0.25) is 0 Å². The molecule has 5 rings (SSSR count). The van der Waals surface area contributed by atoms with Gasteiger partial charge in [0.1, 0.15) is 30.3 Å². The maximum absolute atomic E-state index is 6.48. The zero-order valence-electron chi connectivity index (χ0n) is 20.4. The minimum atomic E-state index is 0.218. The Morgan fingerprint density at radius 2 is 1.89 bits per heavy atom. The van der Waals surface area contributed by atoms with Gasteiger partial charge in [0, 0.05) is 35.3 Å². The van der Waals surface area contributed by atoms with Gasteiger partial charge in [0.15, 0.2) is 0 Å². The van der Waals surface area contributed by atoms with Crippen LogP contribution >= 0.6 is 11.6 Å². The Labute approximate surface area is 215 Å². The van der Waals surface area contributed by atoms with Gasteiger partial charge >= 0.3 is 0 Å². The molecule has 8 nitrogen and oxygen atoms in total. The molecule has 1 saturated carbocycles. The van der Waals surface area contributed by atoms with E-state index in [0.29, 0.717) is 41.2 Å². The van der Waals surface area contributed by atoms with Crippen LogP contribution in [0.5, 0.6) is 11.5 Å². The summed E-state index contributed by atoms with van der Waals surface area (Å²) >= 11 is 6.48. The molecule has 1 aliphatic carbocycles. The van der Waals surface area contributed by atoms with Crippen LogP contribution in [0.15, 0.2) is 61.1 Å². The number of nitrogens with two attached hydrogens (primary N) is 1. The third-order valence-electron chi connectivity index (χ3n) is 6.21. The lowest BCUT2D eigenvalue weighted by molar-refractivity contribution is 0.195. The largest absolute Gasteiger partial charge is 0.491 e. The topological polar surface area (TPSA) is 98.4 Å².